The monoisotopic (exact) mass is 267 g/mol. The fourth-order valence-corrected chi connectivity index (χ4v) is 2.08. The summed E-state index contributed by atoms with van der Waals surface area (Å²) in [5.74, 6) is 0.137. The van der Waals surface area contributed by atoms with Crippen LogP contribution in [0.5, 0.6) is 0 Å². The van der Waals surface area contributed by atoms with Crippen LogP contribution >= 0.6 is 11.6 Å². The molecule has 1 amide bonds. The molecule has 4 heteroatoms. The van der Waals surface area contributed by atoms with Gasteiger partial charge in [0.05, 0.1) is 0 Å². The lowest BCUT2D eigenvalue weighted by atomic mass is 10.1. The molecule has 2 atom stereocenters. The van der Waals surface area contributed by atoms with Gasteiger partial charge in [0, 0.05) is 16.6 Å². The zero-order chi connectivity index (χ0) is 13.1. The standard InChI is InChI=1S/C14H19ClN2O/c1-9(11-3-5-12(15)6-4-11)16-10(2)14(18)17-13-7-8-13/h3-6,9-10,13,16H,7-8H2,1-2H3,(H,17,18)/p+1/t9-,10+/m0/s1. The SMILES string of the molecule is C[C@H]([NH2+][C@H](C)C(=O)NC1CC1)c1ccc(Cl)cc1. The zero-order valence-electron chi connectivity index (χ0n) is 10.8. The van der Waals surface area contributed by atoms with Crippen LogP contribution in [0.15, 0.2) is 24.3 Å². The maximum Gasteiger partial charge on any atom is 0.278 e. The average Bonchev–Trinajstić information content (AvgIpc) is 3.13. The van der Waals surface area contributed by atoms with Crippen LogP contribution in [0.1, 0.15) is 38.3 Å². The second-order valence-electron chi connectivity index (χ2n) is 5.10. The van der Waals surface area contributed by atoms with Gasteiger partial charge in [0.2, 0.25) is 0 Å². The number of nitrogens with two attached hydrogens (primary N) is 1. The quantitative estimate of drug-likeness (QED) is 0.837. The largest absolute Gasteiger partial charge is 0.348 e. The number of quaternary nitrogens is 1. The maximum absolute atomic E-state index is 11.9. The van der Waals surface area contributed by atoms with Gasteiger partial charge in [-0.15, -0.1) is 0 Å². The molecule has 3 nitrogen and oxygen atoms in total. The lowest BCUT2D eigenvalue weighted by Crippen LogP contribution is -2.92. The third-order valence-corrected chi connectivity index (χ3v) is 3.56. The lowest BCUT2D eigenvalue weighted by molar-refractivity contribution is -0.710. The predicted octanol–water partition coefficient (Wildman–Crippen LogP) is 1.63. The van der Waals surface area contributed by atoms with E-state index >= 15 is 0 Å². The van der Waals surface area contributed by atoms with Crippen molar-refractivity contribution in [3.63, 3.8) is 0 Å². The predicted molar refractivity (Wildman–Crippen MR) is 72.4 cm³/mol. The van der Waals surface area contributed by atoms with Crippen molar-refractivity contribution in [1.82, 2.24) is 5.32 Å². The van der Waals surface area contributed by atoms with Gasteiger partial charge in [-0.3, -0.25) is 4.79 Å². The van der Waals surface area contributed by atoms with Crippen LogP contribution in [-0.2, 0) is 4.79 Å². The smallest absolute Gasteiger partial charge is 0.278 e. The minimum Gasteiger partial charge on any atom is -0.348 e. The highest BCUT2D eigenvalue weighted by molar-refractivity contribution is 6.30. The second-order valence-corrected chi connectivity index (χ2v) is 5.54. The number of halogens is 1. The number of carbonyl (C=O) groups excluding carboxylic acids is 1. The summed E-state index contributed by atoms with van der Waals surface area (Å²) in [6.07, 6.45) is 2.26. The third kappa shape index (κ3) is 3.72. The molecule has 3 N–H and O–H groups in total. The van der Waals surface area contributed by atoms with Gasteiger partial charge in [-0.25, -0.2) is 0 Å². The Labute approximate surface area is 113 Å². The molecule has 1 aromatic carbocycles. The fourth-order valence-electron chi connectivity index (χ4n) is 1.96. The molecule has 0 heterocycles. The Kier molecular flexibility index (Phi) is 4.25. The highest BCUT2D eigenvalue weighted by Crippen LogP contribution is 2.18. The molecule has 1 aliphatic rings. The summed E-state index contributed by atoms with van der Waals surface area (Å²) in [5, 5.41) is 5.85. The summed E-state index contributed by atoms with van der Waals surface area (Å²) >= 11 is 5.86. The van der Waals surface area contributed by atoms with Crippen LogP contribution in [0.2, 0.25) is 5.02 Å². The van der Waals surface area contributed by atoms with Gasteiger partial charge < -0.3 is 10.6 Å². The third-order valence-electron chi connectivity index (χ3n) is 3.31. The number of nitrogens with one attached hydrogen (secondary N) is 1. The molecule has 1 aromatic rings. The van der Waals surface area contributed by atoms with Crippen molar-refractivity contribution in [3.05, 3.63) is 34.9 Å². The number of hydrogen-bond donors (Lipinski definition) is 2. The Morgan fingerprint density at radius 1 is 1.33 bits per heavy atom. The van der Waals surface area contributed by atoms with Crippen LogP contribution in [0.25, 0.3) is 0 Å². The fraction of sp³-hybridized carbons (Fsp3) is 0.500. The van der Waals surface area contributed by atoms with Crippen molar-refractivity contribution in [3.8, 4) is 0 Å². The van der Waals surface area contributed by atoms with Gasteiger partial charge in [-0.05, 0) is 38.8 Å². The first-order valence-corrected chi connectivity index (χ1v) is 6.85. The number of benzene rings is 1. The summed E-state index contributed by atoms with van der Waals surface area (Å²) in [5.41, 5.74) is 1.19. The van der Waals surface area contributed by atoms with Gasteiger partial charge >= 0.3 is 0 Å². The van der Waals surface area contributed by atoms with Crippen LogP contribution in [-0.4, -0.2) is 18.0 Å². The highest BCUT2D eigenvalue weighted by Gasteiger charge is 2.27. The van der Waals surface area contributed by atoms with Gasteiger partial charge in [0.15, 0.2) is 6.04 Å². The molecule has 0 aliphatic heterocycles. The molecule has 0 aromatic heterocycles. The summed E-state index contributed by atoms with van der Waals surface area (Å²) in [6.45, 7) is 4.05. The van der Waals surface area contributed by atoms with E-state index in [9.17, 15) is 4.79 Å². The van der Waals surface area contributed by atoms with Crippen LogP contribution in [0, 0.1) is 0 Å². The number of rotatable bonds is 5. The first-order valence-electron chi connectivity index (χ1n) is 6.47. The van der Waals surface area contributed by atoms with Crippen molar-refractivity contribution in [2.45, 2.75) is 44.8 Å². The number of carbonyl (C=O) groups is 1. The lowest BCUT2D eigenvalue weighted by Gasteiger charge is -2.16. The van der Waals surface area contributed by atoms with Crippen LogP contribution in [0.4, 0.5) is 0 Å². The van der Waals surface area contributed by atoms with E-state index in [1.165, 1.54) is 5.56 Å². The molecule has 0 unspecified atom stereocenters. The maximum atomic E-state index is 11.9. The van der Waals surface area contributed by atoms with E-state index in [1.54, 1.807) is 0 Å². The van der Waals surface area contributed by atoms with Gasteiger partial charge in [-0.2, -0.15) is 0 Å². The summed E-state index contributed by atoms with van der Waals surface area (Å²) in [4.78, 5) is 11.9. The van der Waals surface area contributed by atoms with E-state index < -0.39 is 0 Å². The molecule has 98 valence electrons. The molecule has 0 spiro atoms. The zero-order valence-corrected chi connectivity index (χ0v) is 11.6. The molecule has 1 saturated carbocycles. The van der Waals surface area contributed by atoms with E-state index in [2.05, 4.69) is 17.6 Å². The Balaban J connectivity index is 1.87. The average molecular weight is 268 g/mol. The minimum atomic E-state index is -0.0590. The van der Waals surface area contributed by atoms with Gasteiger partial charge in [-0.1, -0.05) is 23.7 Å². The number of hydrogen-bond acceptors (Lipinski definition) is 1. The topological polar surface area (TPSA) is 45.7 Å². The summed E-state index contributed by atoms with van der Waals surface area (Å²) < 4.78 is 0. The Morgan fingerprint density at radius 3 is 2.50 bits per heavy atom. The molecule has 0 radical (unpaired) electrons. The van der Waals surface area contributed by atoms with Crippen molar-refractivity contribution in [2.24, 2.45) is 0 Å². The van der Waals surface area contributed by atoms with E-state index in [4.69, 9.17) is 11.6 Å². The normalized spacial score (nSPS) is 18.2. The highest BCUT2D eigenvalue weighted by atomic mass is 35.5. The van der Waals surface area contributed by atoms with Crippen molar-refractivity contribution < 1.29 is 10.1 Å². The van der Waals surface area contributed by atoms with Crippen LogP contribution < -0.4 is 10.6 Å². The van der Waals surface area contributed by atoms with Crippen molar-refractivity contribution in [2.75, 3.05) is 0 Å². The van der Waals surface area contributed by atoms with Crippen molar-refractivity contribution >= 4 is 17.5 Å². The van der Waals surface area contributed by atoms with E-state index in [0.29, 0.717) is 6.04 Å². The van der Waals surface area contributed by atoms with E-state index in [0.717, 1.165) is 17.9 Å². The van der Waals surface area contributed by atoms with E-state index in [-0.39, 0.29) is 18.0 Å². The molecule has 1 aliphatic carbocycles. The van der Waals surface area contributed by atoms with Crippen LogP contribution in [0.3, 0.4) is 0 Å². The minimum absolute atomic E-state index is 0.0590. The molecular weight excluding hydrogens is 248 g/mol. The summed E-state index contributed by atoms with van der Waals surface area (Å²) in [7, 11) is 0. The molecular formula is C14H20ClN2O+. The Hall–Kier alpha value is -1.06. The Bertz CT molecular complexity index is 414. The molecule has 18 heavy (non-hydrogen) atoms. The molecule has 1 fully saturated rings. The van der Waals surface area contributed by atoms with Gasteiger partial charge in [0.1, 0.15) is 6.04 Å². The summed E-state index contributed by atoms with van der Waals surface area (Å²) in [6, 6.07) is 8.41. The van der Waals surface area contributed by atoms with E-state index in [1.807, 2.05) is 31.2 Å². The second kappa shape index (κ2) is 5.72. The molecule has 2 rings (SSSR count). The first-order chi connectivity index (χ1) is 8.56. The van der Waals surface area contributed by atoms with Gasteiger partial charge in [0.25, 0.3) is 5.91 Å². The van der Waals surface area contributed by atoms with Crippen molar-refractivity contribution in [1.29, 1.82) is 0 Å². The Morgan fingerprint density at radius 2 is 1.94 bits per heavy atom. The molecule has 0 bridgehead atoms. The first kappa shape index (κ1) is 13.4. The number of amides is 1. The molecule has 0 saturated heterocycles.